The minimum absolute atomic E-state index is 0.149. The molecular weight excluding hydrogens is 270 g/mol. The summed E-state index contributed by atoms with van der Waals surface area (Å²) in [5.74, 6) is -0.149. The van der Waals surface area contributed by atoms with E-state index in [1.807, 2.05) is 36.4 Å². The molecule has 0 bridgehead atoms. The molecular formula is C17H16ClNO. The summed E-state index contributed by atoms with van der Waals surface area (Å²) < 4.78 is 0. The molecule has 2 rings (SSSR count). The van der Waals surface area contributed by atoms with Gasteiger partial charge in [-0.25, -0.2) is 0 Å². The Bertz CT molecular complexity index is 600. The lowest BCUT2D eigenvalue weighted by Gasteiger charge is -2.03. The number of nitrogens with one attached hydrogen (secondary N) is 1. The molecule has 3 heteroatoms. The Morgan fingerprint density at radius 3 is 2.35 bits per heavy atom. The molecule has 0 aliphatic rings. The van der Waals surface area contributed by atoms with Crippen molar-refractivity contribution in [2.24, 2.45) is 0 Å². The third-order valence-electron chi connectivity index (χ3n) is 2.93. The second-order valence-corrected chi connectivity index (χ2v) is 4.86. The number of rotatable bonds is 4. The topological polar surface area (TPSA) is 29.1 Å². The first-order valence-corrected chi connectivity index (χ1v) is 6.89. The number of anilines is 1. The predicted molar refractivity (Wildman–Crippen MR) is 84.9 cm³/mol. The van der Waals surface area contributed by atoms with E-state index in [0.717, 1.165) is 17.7 Å². The number of carbonyl (C=O) groups is 1. The van der Waals surface area contributed by atoms with Crippen LogP contribution in [0.5, 0.6) is 0 Å². The van der Waals surface area contributed by atoms with Crippen LogP contribution in [0.2, 0.25) is 5.02 Å². The zero-order valence-electron chi connectivity index (χ0n) is 11.3. The van der Waals surface area contributed by atoms with Crippen LogP contribution >= 0.6 is 11.6 Å². The van der Waals surface area contributed by atoms with Gasteiger partial charge < -0.3 is 5.32 Å². The van der Waals surface area contributed by atoms with Gasteiger partial charge in [0.2, 0.25) is 5.91 Å². The molecule has 0 heterocycles. The molecule has 0 atom stereocenters. The largest absolute Gasteiger partial charge is 0.323 e. The van der Waals surface area contributed by atoms with Crippen molar-refractivity contribution in [3.8, 4) is 0 Å². The summed E-state index contributed by atoms with van der Waals surface area (Å²) in [6, 6.07) is 15.2. The highest BCUT2D eigenvalue weighted by Crippen LogP contribution is 2.12. The highest BCUT2D eigenvalue weighted by molar-refractivity contribution is 6.30. The molecule has 0 fully saturated rings. The van der Waals surface area contributed by atoms with Gasteiger partial charge in [-0.05, 0) is 47.9 Å². The molecule has 0 unspecified atom stereocenters. The zero-order valence-corrected chi connectivity index (χ0v) is 12.0. The maximum atomic E-state index is 11.8. The molecule has 0 radical (unpaired) electrons. The molecule has 0 aliphatic heterocycles. The minimum Gasteiger partial charge on any atom is -0.323 e. The second kappa shape index (κ2) is 6.92. The first-order chi connectivity index (χ1) is 9.67. The summed E-state index contributed by atoms with van der Waals surface area (Å²) in [7, 11) is 0. The van der Waals surface area contributed by atoms with Crippen LogP contribution in [0.15, 0.2) is 54.6 Å². The first kappa shape index (κ1) is 14.4. The highest BCUT2D eigenvalue weighted by Gasteiger charge is 1.98. The lowest BCUT2D eigenvalue weighted by atomic mass is 10.1. The number of hydrogen-bond donors (Lipinski definition) is 1. The third kappa shape index (κ3) is 4.25. The van der Waals surface area contributed by atoms with E-state index < -0.39 is 0 Å². The van der Waals surface area contributed by atoms with Crippen molar-refractivity contribution >= 4 is 29.3 Å². The van der Waals surface area contributed by atoms with Gasteiger partial charge in [0.1, 0.15) is 0 Å². The predicted octanol–water partition coefficient (Wildman–Crippen LogP) is 4.55. The quantitative estimate of drug-likeness (QED) is 0.820. The summed E-state index contributed by atoms with van der Waals surface area (Å²) in [5.41, 5.74) is 2.98. The number of aryl methyl sites for hydroxylation is 1. The Morgan fingerprint density at radius 1 is 1.10 bits per heavy atom. The summed E-state index contributed by atoms with van der Waals surface area (Å²) in [4.78, 5) is 11.8. The van der Waals surface area contributed by atoms with E-state index >= 15 is 0 Å². The second-order valence-electron chi connectivity index (χ2n) is 4.42. The molecule has 1 N–H and O–H groups in total. The normalized spacial score (nSPS) is 10.7. The summed E-state index contributed by atoms with van der Waals surface area (Å²) >= 11 is 5.80. The number of hydrogen-bond acceptors (Lipinski definition) is 1. The van der Waals surface area contributed by atoms with Gasteiger partial charge >= 0.3 is 0 Å². The van der Waals surface area contributed by atoms with E-state index in [0.29, 0.717) is 5.02 Å². The number of halogens is 1. The van der Waals surface area contributed by atoms with Crippen molar-refractivity contribution in [2.45, 2.75) is 13.3 Å². The molecule has 0 saturated heterocycles. The monoisotopic (exact) mass is 285 g/mol. The van der Waals surface area contributed by atoms with Crippen LogP contribution in [-0.2, 0) is 11.2 Å². The summed E-state index contributed by atoms with van der Waals surface area (Å²) in [6.07, 6.45) is 4.26. The van der Waals surface area contributed by atoms with E-state index in [1.54, 1.807) is 18.2 Å². The fraction of sp³-hybridized carbons (Fsp3) is 0.118. The van der Waals surface area contributed by atoms with Gasteiger partial charge in [-0.3, -0.25) is 4.79 Å². The van der Waals surface area contributed by atoms with Crippen LogP contribution in [-0.4, -0.2) is 5.91 Å². The van der Waals surface area contributed by atoms with Crippen LogP contribution in [0.1, 0.15) is 18.1 Å². The zero-order chi connectivity index (χ0) is 14.4. The highest BCUT2D eigenvalue weighted by atomic mass is 35.5. The smallest absolute Gasteiger partial charge is 0.248 e. The Labute approximate surface area is 124 Å². The molecule has 2 aromatic carbocycles. The number of benzene rings is 2. The van der Waals surface area contributed by atoms with Gasteiger partial charge in [0.05, 0.1) is 0 Å². The Hall–Kier alpha value is -2.06. The number of amides is 1. The fourth-order valence-corrected chi connectivity index (χ4v) is 1.88. The summed E-state index contributed by atoms with van der Waals surface area (Å²) in [5, 5.41) is 3.51. The van der Waals surface area contributed by atoms with Gasteiger partial charge in [0.25, 0.3) is 0 Å². The molecule has 0 saturated carbocycles. The lowest BCUT2D eigenvalue weighted by Crippen LogP contribution is -2.07. The van der Waals surface area contributed by atoms with E-state index in [4.69, 9.17) is 11.6 Å². The van der Waals surface area contributed by atoms with Crippen molar-refractivity contribution in [2.75, 3.05) is 5.32 Å². The first-order valence-electron chi connectivity index (χ1n) is 6.51. The average molecular weight is 286 g/mol. The maximum absolute atomic E-state index is 11.8. The van der Waals surface area contributed by atoms with Gasteiger partial charge in [-0.15, -0.1) is 0 Å². The van der Waals surface area contributed by atoms with Crippen LogP contribution in [0.4, 0.5) is 5.69 Å². The Balaban J connectivity index is 1.96. The molecule has 1 amide bonds. The van der Waals surface area contributed by atoms with E-state index in [-0.39, 0.29) is 5.91 Å². The minimum atomic E-state index is -0.149. The third-order valence-corrected chi connectivity index (χ3v) is 3.18. The van der Waals surface area contributed by atoms with E-state index in [9.17, 15) is 4.79 Å². The maximum Gasteiger partial charge on any atom is 0.248 e. The van der Waals surface area contributed by atoms with Crippen molar-refractivity contribution < 1.29 is 4.79 Å². The average Bonchev–Trinajstić information content (AvgIpc) is 2.47. The van der Waals surface area contributed by atoms with Crippen molar-refractivity contribution in [3.05, 3.63) is 70.8 Å². The van der Waals surface area contributed by atoms with Crippen LogP contribution in [0, 0.1) is 0 Å². The van der Waals surface area contributed by atoms with Gasteiger partial charge in [0.15, 0.2) is 0 Å². The molecule has 0 aliphatic carbocycles. The lowest BCUT2D eigenvalue weighted by molar-refractivity contribution is -0.111. The van der Waals surface area contributed by atoms with Crippen LogP contribution in [0.25, 0.3) is 6.08 Å². The number of carbonyl (C=O) groups excluding carboxylic acids is 1. The van der Waals surface area contributed by atoms with Gasteiger partial charge in [-0.1, -0.05) is 42.8 Å². The Morgan fingerprint density at radius 2 is 1.75 bits per heavy atom. The molecule has 102 valence electrons. The van der Waals surface area contributed by atoms with Gasteiger partial charge in [0, 0.05) is 16.8 Å². The van der Waals surface area contributed by atoms with Crippen molar-refractivity contribution in [3.63, 3.8) is 0 Å². The van der Waals surface area contributed by atoms with E-state index in [2.05, 4.69) is 12.2 Å². The van der Waals surface area contributed by atoms with E-state index in [1.165, 1.54) is 11.6 Å². The summed E-state index contributed by atoms with van der Waals surface area (Å²) in [6.45, 7) is 2.10. The standard InChI is InChI=1S/C17H16ClNO/c1-2-13-5-10-16(11-6-13)19-17(20)12-7-14-3-8-15(18)9-4-14/h3-12H,2H2,1H3,(H,19,20)/b12-7+. The fourth-order valence-electron chi connectivity index (χ4n) is 1.75. The molecule has 2 nitrogen and oxygen atoms in total. The Kier molecular flexibility index (Phi) is 4.97. The van der Waals surface area contributed by atoms with Crippen molar-refractivity contribution in [1.29, 1.82) is 0 Å². The van der Waals surface area contributed by atoms with Crippen LogP contribution < -0.4 is 5.32 Å². The van der Waals surface area contributed by atoms with Crippen LogP contribution in [0.3, 0.4) is 0 Å². The molecule has 2 aromatic rings. The van der Waals surface area contributed by atoms with Crippen molar-refractivity contribution in [1.82, 2.24) is 0 Å². The van der Waals surface area contributed by atoms with Gasteiger partial charge in [-0.2, -0.15) is 0 Å². The molecule has 0 aromatic heterocycles. The SMILES string of the molecule is CCc1ccc(NC(=O)/C=C/c2ccc(Cl)cc2)cc1. The molecule has 0 spiro atoms. The molecule has 20 heavy (non-hydrogen) atoms.